The van der Waals surface area contributed by atoms with Crippen LogP contribution < -0.4 is 4.90 Å². The van der Waals surface area contributed by atoms with Crippen LogP contribution in [-0.2, 0) is 0 Å². The van der Waals surface area contributed by atoms with Crippen LogP contribution in [0.25, 0.3) is 10.8 Å². The molecule has 20 heavy (non-hydrogen) atoms. The molecule has 2 fully saturated rings. The van der Waals surface area contributed by atoms with Crippen molar-refractivity contribution in [1.82, 2.24) is 4.98 Å². The van der Waals surface area contributed by atoms with Gasteiger partial charge in [-0.3, -0.25) is 0 Å². The molecular weight excluding hydrogens is 252 g/mol. The van der Waals surface area contributed by atoms with Gasteiger partial charge in [-0.25, -0.2) is 4.98 Å². The summed E-state index contributed by atoms with van der Waals surface area (Å²) < 4.78 is 0. The Labute approximate surface area is 117 Å². The second-order valence-corrected chi connectivity index (χ2v) is 5.96. The molecule has 2 saturated heterocycles. The molecule has 1 aromatic carbocycles. The smallest absolute Gasteiger partial charge is 0.137 e. The number of piperidine rings is 1. The Morgan fingerprint density at radius 3 is 2.60 bits per heavy atom. The number of rotatable bonds is 1. The number of hydrogen-bond acceptors (Lipinski definition) is 4. The van der Waals surface area contributed by atoms with Crippen molar-refractivity contribution in [3.05, 3.63) is 30.5 Å². The van der Waals surface area contributed by atoms with Crippen molar-refractivity contribution in [2.75, 3.05) is 4.90 Å². The SMILES string of the molecule is Oc1ccc2ccnc(N3C4CCC3CC(O)C4)c2c1. The van der Waals surface area contributed by atoms with Crippen LogP contribution in [0, 0.1) is 0 Å². The zero-order chi connectivity index (χ0) is 13.7. The number of aliphatic hydroxyl groups excluding tert-OH is 1. The third kappa shape index (κ3) is 1.75. The number of phenolic OH excluding ortho intramolecular Hbond substituents is 1. The molecule has 104 valence electrons. The molecule has 3 heterocycles. The molecule has 2 aromatic rings. The molecule has 1 aromatic heterocycles. The van der Waals surface area contributed by atoms with Crippen molar-refractivity contribution in [3.63, 3.8) is 0 Å². The third-order valence-electron chi connectivity index (χ3n) is 4.68. The van der Waals surface area contributed by atoms with Crippen LogP contribution in [0.4, 0.5) is 5.82 Å². The summed E-state index contributed by atoms with van der Waals surface area (Å²) in [4.78, 5) is 6.94. The lowest BCUT2D eigenvalue weighted by Crippen LogP contribution is -2.45. The normalized spacial score (nSPS) is 29.1. The fourth-order valence-corrected chi connectivity index (χ4v) is 3.84. The van der Waals surface area contributed by atoms with Crippen molar-refractivity contribution in [2.45, 2.75) is 43.9 Å². The summed E-state index contributed by atoms with van der Waals surface area (Å²) in [5, 5.41) is 21.8. The number of benzene rings is 1. The average molecular weight is 270 g/mol. The number of aliphatic hydroxyl groups is 1. The highest BCUT2D eigenvalue weighted by Gasteiger charge is 2.41. The highest BCUT2D eigenvalue weighted by atomic mass is 16.3. The van der Waals surface area contributed by atoms with E-state index < -0.39 is 0 Å². The lowest BCUT2D eigenvalue weighted by atomic mass is 9.99. The van der Waals surface area contributed by atoms with Crippen LogP contribution in [0.2, 0.25) is 0 Å². The van der Waals surface area contributed by atoms with Crippen LogP contribution in [0.5, 0.6) is 5.75 Å². The minimum atomic E-state index is -0.174. The van der Waals surface area contributed by atoms with Crippen LogP contribution in [0.15, 0.2) is 30.5 Å². The van der Waals surface area contributed by atoms with Gasteiger partial charge < -0.3 is 15.1 Å². The molecule has 2 bridgehead atoms. The minimum Gasteiger partial charge on any atom is -0.508 e. The molecule has 2 N–H and O–H groups in total. The van der Waals surface area contributed by atoms with Crippen molar-refractivity contribution in [1.29, 1.82) is 0 Å². The summed E-state index contributed by atoms with van der Waals surface area (Å²) in [5.74, 6) is 1.23. The van der Waals surface area contributed by atoms with Crippen molar-refractivity contribution < 1.29 is 10.2 Å². The summed E-state index contributed by atoms with van der Waals surface area (Å²) in [5.41, 5.74) is 0. The first-order valence-corrected chi connectivity index (χ1v) is 7.26. The van der Waals surface area contributed by atoms with E-state index in [-0.39, 0.29) is 11.9 Å². The van der Waals surface area contributed by atoms with E-state index in [9.17, 15) is 10.2 Å². The highest BCUT2D eigenvalue weighted by Crippen LogP contribution is 2.41. The first-order chi connectivity index (χ1) is 9.72. The van der Waals surface area contributed by atoms with Gasteiger partial charge in [0.1, 0.15) is 11.6 Å². The number of nitrogens with zero attached hydrogens (tertiary/aromatic N) is 2. The fraction of sp³-hybridized carbons (Fsp3) is 0.438. The van der Waals surface area contributed by atoms with Gasteiger partial charge in [-0.1, -0.05) is 6.07 Å². The average Bonchev–Trinajstić information content (AvgIpc) is 2.70. The number of pyridine rings is 1. The quantitative estimate of drug-likeness (QED) is 0.835. The summed E-state index contributed by atoms with van der Waals surface area (Å²) in [6.45, 7) is 0. The van der Waals surface area contributed by atoms with E-state index in [4.69, 9.17) is 0 Å². The lowest BCUT2D eigenvalue weighted by molar-refractivity contribution is 0.126. The molecule has 4 heteroatoms. The van der Waals surface area contributed by atoms with Crippen molar-refractivity contribution in [3.8, 4) is 5.75 Å². The highest BCUT2D eigenvalue weighted by molar-refractivity contribution is 5.93. The van der Waals surface area contributed by atoms with Gasteiger partial charge in [0, 0.05) is 23.7 Å². The van der Waals surface area contributed by atoms with Gasteiger partial charge in [-0.05, 0) is 49.3 Å². The molecular formula is C16H18N2O2. The zero-order valence-electron chi connectivity index (χ0n) is 11.2. The van der Waals surface area contributed by atoms with E-state index >= 15 is 0 Å². The van der Waals surface area contributed by atoms with Gasteiger partial charge in [0.15, 0.2) is 0 Å². The van der Waals surface area contributed by atoms with E-state index in [1.807, 2.05) is 18.3 Å². The molecule has 0 radical (unpaired) electrons. The second kappa shape index (κ2) is 4.35. The largest absolute Gasteiger partial charge is 0.508 e. The first kappa shape index (κ1) is 12.0. The standard InChI is InChI=1S/C16H18N2O2/c19-13-4-1-10-5-6-17-16(15(10)9-13)18-11-2-3-12(18)8-14(20)7-11/h1,4-6,9,11-12,14,19-20H,2-3,7-8H2. The maximum atomic E-state index is 9.93. The summed E-state index contributed by atoms with van der Waals surface area (Å²) in [6.07, 6.45) is 5.56. The molecule has 4 rings (SSSR count). The Hall–Kier alpha value is -1.81. The number of aromatic nitrogens is 1. The number of aromatic hydroxyl groups is 1. The molecule has 2 atom stereocenters. The topological polar surface area (TPSA) is 56.6 Å². The Balaban J connectivity index is 1.85. The molecule has 4 nitrogen and oxygen atoms in total. The summed E-state index contributed by atoms with van der Waals surface area (Å²) >= 11 is 0. The number of anilines is 1. The number of fused-ring (bicyclic) bond motifs is 3. The van der Waals surface area contributed by atoms with Gasteiger partial charge in [-0.2, -0.15) is 0 Å². The second-order valence-electron chi connectivity index (χ2n) is 5.96. The predicted octanol–water partition coefficient (Wildman–Crippen LogP) is 2.43. The first-order valence-electron chi connectivity index (χ1n) is 7.26. The van der Waals surface area contributed by atoms with Gasteiger partial charge in [0.2, 0.25) is 0 Å². The molecule has 0 saturated carbocycles. The van der Waals surface area contributed by atoms with Crippen LogP contribution >= 0.6 is 0 Å². The maximum Gasteiger partial charge on any atom is 0.137 e. The molecule has 0 spiro atoms. The van der Waals surface area contributed by atoms with Gasteiger partial charge in [-0.15, -0.1) is 0 Å². The van der Waals surface area contributed by atoms with Crippen LogP contribution in [0.1, 0.15) is 25.7 Å². The van der Waals surface area contributed by atoms with Crippen LogP contribution in [0.3, 0.4) is 0 Å². The molecule has 2 aliphatic rings. The van der Waals surface area contributed by atoms with E-state index in [2.05, 4.69) is 9.88 Å². The fourth-order valence-electron chi connectivity index (χ4n) is 3.84. The van der Waals surface area contributed by atoms with Gasteiger partial charge in [0.25, 0.3) is 0 Å². The van der Waals surface area contributed by atoms with Crippen molar-refractivity contribution >= 4 is 16.6 Å². The van der Waals surface area contributed by atoms with Gasteiger partial charge in [0.05, 0.1) is 6.10 Å². The molecule has 2 unspecified atom stereocenters. The van der Waals surface area contributed by atoms with E-state index in [1.54, 1.807) is 12.1 Å². The summed E-state index contributed by atoms with van der Waals surface area (Å²) in [7, 11) is 0. The minimum absolute atomic E-state index is 0.174. The number of hydrogen-bond donors (Lipinski definition) is 2. The van der Waals surface area contributed by atoms with Crippen molar-refractivity contribution in [2.24, 2.45) is 0 Å². The summed E-state index contributed by atoms with van der Waals surface area (Å²) in [6, 6.07) is 8.16. The third-order valence-corrected chi connectivity index (χ3v) is 4.68. The molecule has 0 amide bonds. The Bertz CT molecular complexity index is 644. The Morgan fingerprint density at radius 1 is 1.10 bits per heavy atom. The van der Waals surface area contributed by atoms with E-state index in [0.29, 0.717) is 12.1 Å². The predicted molar refractivity (Wildman–Crippen MR) is 77.9 cm³/mol. The Kier molecular flexibility index (Phi) is 2.60. The molecule has 0 aliphatic carbocycles. The maximum absolute atomic E-state index is 9.93. The van der Waals surface area contributed by atoms with Gasteiger partial charge >= 0.3 is 0 Å². The van der Waals surface area contributed by atoms with E-state index in [0.717, 1.165) is 42.3 Å². The number of phenols is 1. The molecule has 2 aliphatic heterocycles. The monoisotopic (exact) mass is 270 g/mol. The Morgan fingerprint density at radius 2 is 1.85 bits per heavy atom. The lowest BCUT2D eigenvalue weighted by Gasteiger charge is -2.38. The van der Waals surface area contributed by atoms with E-state index in [1.165, 1.54) is 0 Å². The van der Waals surface area contributed by atoms with Crippen LogP contribution in [-0.4, -0.2) is 33.4 Å². The zero-order valence-corrected chi connectivity index (χ0v) is 11.2.